The number of H-pyrrole nitrogens is 1. The summed E-state index contributed by atoms with van der Waals surface area (Å²) in [5, 5.41) is 31.9. The predicted molar refractivity (Wildman–Crippen MR) is 152 cm³/mol. The van der Waals surface area contributed by atoms with Gasteiger partial charge in [-0.2, -0.15) is 5.21 Å². The molecule has 0 bridgehead atoms. The van der Waals surface area contributed by atoms with Crippen LogP contribution in [0.1, 0.15) is 47.2 Å². The number of nitrogens with one attached hydrogen (secondary N) is 1. The van der Waals surface area contributed by atoms with Gasteiger partial charge >= 0.3 is 5.97 Å². The first-order valence-corrected chi connectivity index (χ1v) is 13.6. The van der Waals surface area contributed by atoms with E-state index in [1.165, 1.54) is 0 Å². The van der Waals surface area contributed by atoms with Crippen molar-refractivity contribution in [2.45, 2.75) is 39.3 Å². The number of carbonyl (C=O) groups is 1. The van der Waals surface area contributed by atoms with Gasteiger partial charge in [-0.3, -0.25) is 10.4 Å². The Morgan fingerprint density at radius 1 is 1.02 bits per heavy atom. The zero-order valence-electron chi connectivity index (χ0n) is 22.6. The molecule has 2 heterocycles. The summed E-state index contributed by atoms with van der Waals surface area (Å²) in [6, 6.07) is 22.4. The van der Waals surface area contributed by atoms with Gasteiger partial charge in [-0.25, -0.2) is 14.6 Å². The fourth-order valence-corrected chi connectivity index (χ4v) is 4.81. The van der Waals surface area contributed by atoms with Crippen molar-refractivity contribution in [3.63, 3.8) is 0 Å². The Hall–Kier alpha value is -4.46. The number of tetrazole rings is 1. The van der Waals surface area contributed by atoms with Gasteiger partial charge in [0.25, 0.3) is 0 Å². The number of nitrogens with zero attached hydrogens (tertiary/aromatic N) is 6. The van der Waals surface area contributed by atoms with Crippen LogP contribution in [0.25, 0.3) is 22.5 Å². The number of carbonyl (C=O) groups excluding carboxylic acids is 1. The molecule has 0 amide bonds. The number of aryl methyl sites for hydroxylation is 1. The number of para-hydroxylation sites is 1. The highest BCUT2D eigenvalue weighted by molar-refractivity contribution is 6.32. The molecule has 0 saturated carbocycles. The quantitative estimate of drug-likeness (QED) is 0.0965. The van der Waals surface area contributed by atoms with Gasteiger partial charge in [0.2, 0.25) is 5.82 Å². The van der Waals surface area contributed by atoms with Crippen LogP contribution >= 0.6 is 11.6 Å². The van der Waals surface area contributed by atoms with Crippen molar-refractivity contribution in [2.75, 3.05) is 0 Å². The summed E-state index contributed by atoms with van der Waals surface area (Å²) in [4.78, 5) is 22.7. The third-order valence-electron chi connectivity index (χ3n) is 6.58. The minimum absolute atomic E-state index is 0.0439. The van der Waals surface area contributed by atoms with E-state index in [1.54, 1.807) is 28.8 Å². The monoisotopic (exact) mass is 589 g/mol. The molecule has 0 unspecified atom stereocenters. The lowest BCUT2D eigenvalue weighted by Gasteiger charge is -2.14. The highest BCUT2D eigenvalue weighted by Crippen LogP contribution is 2.30. The second-order valence-corrected chi connectivity index (χ2v) is 9.72. The molecule has 42 heavy (non-hydrogen) atoms. The fraction of sp³-hybridized carbons (Fsp3) is 0.207. The Balaban J connectivity index is 1.43. The second-order valence-electron chi connectivity index (χ2n) is 9.36. The van der Waals surface area contributed by atoms with Crippen molar-refractivity contribution >= 4 is 17.6 Å². The van der Waals surface area contributed by atoms with Gasteiger partial charge in [-0.05, 0) is 34.4 Å². The molecule has 12 nitrogen and oxygen atoms in total. The van der Waals surface area contributed by atoms with Crippen molar-refractivity contribution in [3.8, 4) is 28.3 Å². The number of unbranched alkanes of at least 4 members (excludes halogenated alkanes) is 1. The predicted octanol–water partition coefficient (Wildman–Crippen LogP) is 5.51. The van der Waals surface area contributed by atoms with Crippen molar-refractivity contribution in [1.82, 2.24) is 35.6 Å². The molecule has 0 atom stereocenters. The molecule has 0 saturated heterocycles. The fourth-order valence-electron chi connectivity index (χ4n) is 4.53. The number of imidazole rings is 1. The summed E-state index contributed by atoms with van der Waals surface area (Å²) >= 11 is 6.52. The number of esters is 1. The van der Waals surface area contributed by atoms with Crippen molar-refractivity contribution in [2.24, 2.45) is 0 Å². The first-order valence-electron chi connectivity index (χ1n) is 13.2. The number of hydrogen-bond donors (Lipinski definition) is 3. The molecule has 0 aliphatic rings. The lowest BCUT2D eigenvalue weighted by Crippen LogP contribution is -2.19. The number of ether oxygens (including phenoxy) is 1. The standard InChI is InChI=1S/C29H28ClN7O5/c1-2-3-12-25-31-27(30)26(29(38)42-24-11-7-4-8-21(24)18-41-37(39)40)36(25)17-19-13-15-20(16-14-19)22-9-5-6-10-23(22)28-32-34-35-33-28/h4-11,13-16,39-40H,2-3,12,17-18H2,1H3,(H,32,33,34,35). The second kappa shape index (κ2) is 13.5. The van der Waals surface area contributed by atoms with Crippen LogP contribution in [0.4, 0.5) is 0 Å². The number of aromatic amines is 1. The number of halogens is 1. The molecule has 13 heteroatoms. The summed E-state index contributed by atoms with van der Waals surface area (Å²) in [6.45, 7) is 2.17. The lowest BCUT2D eigenvalue weighted by atomic mass is 9.98. The van der Waals surface area contributed by atoms with Gasteiger partial charge in [-0.1, -0.05) is 91.7 Å². The SMILES string of the molecule is CCCCc1nc(Cl)c(C(=O)Oc2ccccc2CON(O)O)n1Cc1ccc(-c2ccccc2-c2nn[nH]n2)cc1. The highest BCUT2D eigenvalue weighted by atomic mass is 35.5. The Morgan fingerprint density at radius 2 is 1.76 bits per heavy atom. The van der Waals surface area contributed by atoms with Crippen LogP contribution in [0.5, 0.6) is 5.75 Å². The molecule has 0 fully saturated rings. The van der Waals surface area contributed by atoms with Gasteiger partial charge in [0.15, 0.2) is 10.8 Å². The van der Waals surface area contributed by atoms with Crippen LogP contribution < -0.4 is 4.74 Å². The van der Waals surface area contributed by atoms with E-state index >= 15 is 0 Å². The van der Waals surface area contributed by atoms with E-state index in [9.17, 15) is 4.79 Å². The summed E-state index contributed by atoms with van der Waals surface area (Å²) < 4.78 is 7.48. The third kappa shape index (κ3) is 6.70. The van der Waals surface area contributed by atoms with Crippen LogP contribution in [0.2, 0.25) is 5.15 Å². The summed E-state index contributed by atoms with van der Waals surface area (Å²) in [5.41, 5.74) is 4.24. The molecule has 2 aromatic heterocycles. The average Bonchev–Trinajstić information content (AvgIpc) is 3.64. The number of benzene rings is 3. The van der Waals surface area contributed by atoms with E-state index in [1.807, 2.05) is 48.5 Å². The van der Waals surface area contributed by atoms with E-state index in [2.05, 4.69) is 32.5 Å². The van der Waals surface area contributed by atoms with E-state index in [0.717, 1.165) is 35.1 Å². The summed E-state index contributed by atoms with van der Waals surface area (Å²) in [7, 11) is 0. The van der Waals surface area contributed by atoms with E-state index in [0.29, 0.717) is 30.2 Å². The van der Waals surface area contributed by atoms with Gasteiger partial charge in [-0.15, -0.1) is 10.2 Å². The molecule has 0 aliphatic carbocycles. The Bertz CT molecular complexity index is 1640. The Morgan fingerprint density at radius 3 is 2.48 bits per heavy atom. The van der Waals surface area contributed by atoms with Gasteiger partial charge in [0.05, 0.1) is 5.39 Å². The average molecular weight is 590 g/mol. The smallest absolute Gasteiger partial charge is 0.363 e. The minimum atomic E-state index is -0.696. The van der Waals surface area contributed by atoms with E-state index in [4.69, 9.17) is 31.6 Å². The van der Waals surface area contributed by atoms with Gasteiger partial charge in [0.1, 0.15) is 18.2 Å². The van der Waals surface area contributed by atoms with Crippen LogP contribution in [0.3, 0.4) is 0 Å². The van der Waals surface area contributed by atoms with E-state index < -0.39 is 11.4 Å². The molecule has 0 aliphatic heterocycles. The maximum Gasteiger partial charge on any atom is 0.363 e. The zero-order chi connectivity index (χ0) is 29.5. The molecule has 3 aromatic carbocycles. The maximum absolute atomic E-state index is 13.5. The Labute approximate surface area is 246 Å². The molecule has 5 rings (SSSR count). The number of rotatable bonds is 12. The largest absolute Gasteiger partial charge is 0.421 e. The normalized spacial score (nSPS) is 11.3. The third-order valence-corrected chi connectivity index (χ3v) is 6.84. The van der Waals surface area contributed by atoms with Crippen LogP contribution in [0, 0.1) is 0 Å². The number of aromatic nitrogens is 6. The van der Waals surface area contributed by atoms with Gasteiger partial charge in [0, 0.05) is 24.1 Å². The molecule has 0 spiro atoms. The van der Waals surface area contributed by atoms with Crippen molar-refractivity contribution in [3.05, 3.63) is 101 Å². The number of hydrogen-bond acceptors (Lipinski definition) is 10. The van der Waals surface area contributed by atoms with Crippen LogP contribution in [-0.2, 0) is 24.4 Å². The highest BCUT2D eigenvalue weighted by Gasteiger charge is 2.25. The molecule has 0 radical (unpaired) electrons. The topological polar surface area (TPSA) is 152 Å². The maximum atomic E-state index is 13.5. The lowest BCUT2D eigenvalue weighted by molar-refractivity contribution is -0.497. The van der Waals surface area contributed by atoms with Crippen molar-refractivity contribution in [1.29, 1.82) is 0 Å². The zero-order valence-corrected chi connectivity index (χ0v) is 23.4. The molecule has 216 valence electrons. The Kier molecular flexibility index (Phi) is 9.31. The molecular weight excluding hydrogens is 562 g/mol. The molecular formula is C29H28ClN7O5. The molecule has 3 N–H and O–H groups in total. The first kappa shape index (κ1) is 29.0. The van der Waals surface area contributed by atoms with E-state index in [-0.39, 0.29) is 23.2 Å². The van der Waals surface area contributed by atoms with Crippen LogP contribution in [-0.4, -0.2) is 51.9 Å². The summed E-state index contributed by atoms with van der Waals surface area (Å²) in [5.74, 6) is 0.670. The minimum Gasteiger partial charge on any atom is -0.421 e. The molecule has 5 aromatic rings. The van der Waals surface area contributed by atoms with Gasteiger partial charge < -0.3 is 9.30 Å². The summed E-state index contributed by atoms with van der Waals surface area (Å²) in [6.07, 6.45) is 2.44. The van der Waals surface area contributed by atoms with Crippen molar-refractivity contribution < 1.29 is 24.8 Å². The first-order chi connectivity index (χ1) is 20.4. The van der Waals surface area contributed by atoms with Crippen LogP contribution in [0.15, 0.2) is 72.8 Å².